The van der Waals surface area contributed by atoms with Crippen molar-refractivity contribution in [2.24, 2.45) is 5.41 Å². The lowest BCUT2D eigenvalue weighted by Crippen LogP contribution is -2.18. The van der Waals surface area contributed by atoms with Crippen molar-refractivity contribution in [3.05, 3.63) is 12.2 Å². The first-order valence-electron chi connectivity index (χ1n) is 3.61. The first kappa shape index (κ1) is 6.81. The second-order valence-electron chi connectivity index (χ2n) is 2.82. The van der Waals surface area contributed by atoms with E-state index in [4.69, 9.17) is 5.11 Å². The minimum atomic E-state index is 0.153. The summed E-state index contributed by atoms with van der Waals surface area (Å²) in [5, 5.41) is 8.97. The summed E-state index contributed by atoms with van der Waals surface area (Å²) in [6.45, 7) is 2.45. The highest BCUT2D eigenvalue weighted by molar-refractivity contribution is 5.05. The SMILES string of the molecule is CC[C@]1(CO)C=CCC1. The Hall–Kier alpha value is -0.300. The van der Waals surface area contributed by atoms with Gasteiger partial charge in [-0.15, -0.1) is 0 Å². The predicted molar refractivity (Wildman–Crippen MR) is 38.2 cm³/mol. The van der Waals surface area contributed by atoms with Crippen LogP contribution in [0.25, 0.3) is 0 Å². The van der Waals surface area contributed by atoms with Gasteiger partial charge in [0.1, 0.15) is 0 Å². The Balaban J connectivity index is 2.57. The first-order chi connectivity index (χ1) is 4.33. The second-order valence-corrected chi connectivity index (χ2v) is 2.82. The Morgan fingerprint density at radius 1 is 1.67 bits per heavy atom. The smallest absolute Gasteiger partial charge is 0.0521 e. The van der Waals surface area contributed by atoms with E-state index in [0.717, 1.165) is 19.3 Å². The predicted octanol–water partition coefficient (Wildman–Crippen LogP) is 1.73. The largest absolute Gasteiger partial charge is 0.395 e. The van der Waals surface area contributed by atoms with Gasteiger partial charge in [0, 0.05) is 5.41 Å². The molecular weight excluding hydrogens is 112 g/mol. The van der Waals surface area contributed by atoms with Gasteiger partial charge in [0.05, 0.1) is 6.61 Å². The molecule has 0 spiro atoms. The fourth-order valence-electron chi connectivity index (χ4n) is 1.33. The number of allylic oxidation sites excluding steroid dienone is 1. The highest BCUT2D eigenvalue weighted by Crippen LogP contribution is 2.34. The maximum atomic E-state index is 8.97. The third kappa shape index (κ3) is 1.16. The van der Waals surface area contributed by atoms with Crippen LogP contribution in [0.1, 0.15) is 26.2 Å². The van der Waals surface area contributed by atoms with Crippen molar-refractivity contribution in [1.29, 1.82) is 0 Å². The molecule has 52 valence electrons. The fraction of sp³-hybridized carbons (Fsp3) is 0.750. The molecule has 1 rings (SSSR count). The van der Waals surface area contributed by atoms with E-state index in [9.17, 15) is 0 Å². The van der Waals surface area contributed by atoms with Crippen LogP contribution in [-0.4, -0.2) is 11.7 Å². The molecule has 1 aliphatic carbocycles. The lowest BCUT2D eigenvalue weighted by Gasteiger charge is -2.21. The van der Waals surface area contributed by atoms with Crippen molar-refractivity contribution in [3.8, 4) is 0 Å². The van der Waals surface area contributed by atoms with Gasteiger partial charge in [0.2, 0.25) is 0 Å². The van der Waals surface area contributed by atoms with E-state index in [2.05, 4.69) is 19.1 Å². The van der Waals surface area contributed by atoms with Crippen molar-refractivity contribution < 1.29 is 5.11 Å². The van der Waals surface area contributed by atoms with Gasteiger partial charge >= 0.3 is 0 Å². The number of aliphatic hydroxyl groups excluding tert-OH is 1. The zero-order valence-corrected chi connectivity index (χ0v) is 5.93. The summed E-state index contributed by atoms with van der Waals surface area (Å²) >= 11 is 0. The van der Waals surface area contributed by atoms with Crippen molar-refractivity contribution >= 4 is 0 Å². The van der Waals surface area contributed by atoms with E-state index in [-0.39, 0.29) is 5.41 Å². The molecule has 1 heteroatoms. The van der Waals surface area contributed by atoms with Crippen molar-refractivity contribution in [1.82, 2.24) is 0 Å². The minimum Gasteiger partial charge on any atom is -0.395 e. The molecular formula is C8H14O. The zero-order valence-electron chi connectivity index (χ0n) is 5.93. The highest BCUT2D eigenvalue weighted by atomic mass is 16.3. The molecule has 0 bridgehead atoms. The Morgan fingerprint density at radius 3 is 2.67 bits per heavy atom. The number of aliphatic hydroxyl groups is 1. The van der Waals surface area contributed by atoms with Gasteiger partial charge < -0.3 is 5.11 Å². The molecule has 0 amide bonds. The van der Waals surface area contributed by atoms with Crippen LogP contribution in [0.15, 0.2) is 12.2 Å². The second kappa shape index (κ2) is 2.53. The summed E-state index contributed by atoms with van der Waals surface area (Å²) in [4.78, 5) is 0. The van der Waals surface area contributed by atoms with Gasteiger partial charge in [-0.2, -0.15) is 0 Å². The molecule has 1 aliphatic rings. The monoisotopic (exact) mass is 126 g/mol. The third-order valence-corrected chi connectivity index (χ3v) is 2.30. The molecule has 0 radical (unpaired) electrons. The van der Waals surface area contributed by atoms with Crippen molar-refractivity contribution in [2.75, 3.05) is 6.61 Å². The first-order valence-corrected chi connectivity index (χ1v) is 3.61. The summed E-state index contributed by atoms with van der Waals surface area (Å²) in [6.07, 6.45) is 7.68. The molecule has 0 aromatic carbocycles. The zero-order chi connectivity index (χ0) is 6.74. The van der Waals surface area contributed by atoms with Gasteiger partial charge in [-0.3, -0.25) is 0 Å². The maximum absolute atomic E-state index is 8.97. The molecule has 0 aliphatic heterocycles. The molecule has 0 heterocycles. The van der Waals surface area contributed by atoms with Crippen LogP contribution in [0.3, 0.4) is 0 Å². The molecule has 0 saturated heterocycles. The fourth-order valence-corrected chi connectivity index (χ4v) is 1.33. The van der Waals surface area contributed by atoms with Crippen LogP contribution in [0.4, 0.5) is 0 Å². The van der Waals surface area contributed by atoms with E-state index >= 15 is 0 Å². The number of rotatable bonds is 2. The van der Waals surface area contributed by atoms with Crippen LogP contribution in [0.5, 0.6) is 0 Å². The molecule has 0 fully saturated rings. The summed E-state index contributed by atoms with van der Waals surface area (Å²) < 4.78 is 0. The summed E-state index contributed by atoms with van der Waals surface area (Å²) in [7, 11) is 0. The van der Waals surface area contributed by atoms with E-state index in [1.165, 1.54) is 0 Å². The minimum absolute atomic E-state index is 0.153. The summed E-state index contributed by atoms with van der Waals surface area (Å²) in [6, 6.07) is 0. The van der Waals surface area contributed by atoms with Crippen LogP contribution in [0, 0.1) is 5.41 Å². The van der Waals surface area contributed by atoms with Gasteiger partial charge in [0.15, 0.2) is 0 Å². The van der Waals surface area contributed by atoms with Crippen LogP contribution < -0.4 is 0 Å². The third-order valence-electron chi connectivity index (χ3n) is 2.30. The normalized spacial score (nSPS) is 33.6. The number of hydrogen-bond acceptors (Lipinski definition) is 1. The van der Waals surface area contributed by atoms with Gasteiger partial charge in [-0.1, -0.05) is 19.1 Å². The molecule has 1 nitrogen and oxygen atoms in total. The van der Waals surface area contributed by atoms with Crippen molar-refractivity contribution in [2.45, 2.75) is 26.2 Å². The molecule has 0 aromatic rings. The quantitative estimate of drug-likeness (QED) is 0.558. The topological polar surface area (TPSA) is 20.2 Å². The Kier molecular flexibility index (Phi) is 1.91. The Labute approximate surface area is 56.4 Å². The van der Waals surface area contributed by atoms with Crippen LogP contribution >= 0.6 is 0 Å². The van der Waals surface area contributed by atoms with Gasteiger partial charge in [-0.25, -0.2) is 0 Å². The average molecular weight is 126 g/mol. The lowest BCUT2D eigenvalue weighted by atomic mass is 9.86. The van der Waals surface area contributed by atoms with E-state index in [0.29, 0.717) is 6.61 Å². The Morgan fingerprint density at radius 2 is 2.44 bits per heavy atom. The van der Waals surface area contributed by atoms with Crippen molar-refractivity contribution in [3.63, 3.8) is 0 Å². The molecule has 9 heavy (non-hydrogen) atoms. The average Bonchev–Trinajstić information content (AvgIpc) is 2.36. The molecule has 1 N–H and O–H groups in total. The molecule has 0 unspecified atom stereocenters. The maximum Gasteiger partial charge on any atom is 0.0521 e. The summed E-state index contributed by atoms with van der Waals surface area (Å²) in [5.41, 5.74) is 0.153. The van der Waals surface area contributed by atoms with E-state index in [1.54, 1.807) is 0 Å². The lowest BCUT2D eigenvalue weighted by molar-refractivity contribution is 0.163. The van der Waals surface area contributed by atoms with Gasteiger partial charge in [-0.05, 0) is 19.3 Å². The van der Waals surface area contributed by atoms with E-state index < -0.39 is 0 Å². The molecule has 1 atom stereocenters. The standard InChI is InChI=1S/C8H14O/c1-2-8(7-9)5-3-4-6-8/h3,5,9H,2,4,6-7H2,1H3/t8-/m0/s1. The number of hydrogen-bond donors (Lipinski definition) is 1. The van der Waals surface area contributed by atoms with Crippen LogP contribution in [0.2, 0.25) is 0 Å². The van der Waals surface area contributed by atoms with E-state index in [1.807, 2.05) is 0 Å². The Bertz CT molecular complexity index is 112. The molecule has 0 aromatic heterocycles. The van der Waals surface area contributed by atoms with Crippen LogP contribution in [-0.2, 0) is 0 Å². The highest BCUT2D eigenvalue weighted by Gasteiger charge is 2.25. The molecule has 0 saturated carbocycles. The van der Waals surface area contributed by atoms with Gasteiger partial charge in [0.25, 0.3) is 0 Å². The summed E-state index contributed by atoms with van der Waals surface area (Å²) in [5.74, 6) is 0.